The van der Waals surface area contributed by atoms with Gasteiger partial charge in [-0.3, -0.25) is 9.89 Å². The van der Waals surface area contributed by atoms with Gasteiger partial charge < -0.3 is 10.1 Å². The number of hydrogen-bond acceptors (Lipinski definition) is 3. The Kier molecular flexibility index (Phi) is 3.46. The number of fused-ring (bicyclic) bond motifs is 1. The van der Waals surface area contributed by atoms with Crippen LogP contribution in [0.25, 0.3) is 10.9 Å². The molecule has 1 saturated heterocycles. The lowest BCUT2D eigenvalue weighted by Crippen LogP contribution is -2.26. The third-order valence-electron chi connectivity index (χ3n) is 3.55. The van der Waals surface area contributed by atoms with Crippen molar-refractivity contribution in [2.24, 2.45) is 5.92 Å². The van der Waals surface area contributed by atoms with Gasteiger partial charge in [0.25, 0.3) is 5.91 Å². The van der Waals surface area contributed by atoms with Crippen molar-refractivity contribution in [3.8, 4) is 0 Å². The number of amides is 1. The van der Waals surface area contributed by atoms with Crippen molar-refractivity contribution < 1.29 is 9.53 Å². The minimum absolute atomic E-state index is 0.114. The summed E-state index contributed by atoms with van der Waals surface area (Å²) in [6.45, 7) is 2.35. The van der Waals surface area contributed by atoms with Crippen LogP contribution in [0.2, 0.25) is 0 Å². The average Bonchev–Trinajstić information content (AvgIpc) is 3.07. The van der Waals surface area contributed by atoms with Crippen molar-refractivity contribution in [1.29, 1.82) is 0 Å². The maximum absolute atomic E-state index is 12.1. The molecule has 0 bridgehead atoms. The Morgan fingerprint density at radius 1 is 1.47 bits per heavy atom. The molecule has 5 nitrogen and oxygen atoms in total. The third kappa shape index (κ3) is 2.61. The molecular weight excluding hydrogens is 242 g/mol. The monoisotopic (exact) mass is 259 g/mol. The Morgan fingerprint density at radius 2 is 2.37 bits per heavy atom. The van der Waals surface area contributed by atoms with Gasteiger partial charge in [0, 0.05) is 25.1 Å². The third-order valence-corrected chi connectivity index (χ3v) is 3.55. The standard InChI is InChI=1S/C14H17N3O2/c18-14(15-7-5-10-6-8-19-9-10)13-11-3-1-2-4-12(11)16-17-13/h1-4,10H,5-9H2,(H,15,18)(H,16,17). The van der Waals surface area contributed by atoms with E-state index in [0.717, 1.165) is 37.0 Å². The van der Waals surface area contributed by atoms with Crippen molar-refractivity contribution >= 4 is 16.8 Å². The highest BCUT2D eigenvalue weighted by atomic mass is 16.5. The van der Waals surface area contributed by atoms with E-state index in [1.165, 1.54) is 0 Å². The smallest absolute Gasteiger partial charge is 0.272 e. The normalized spacial score (nSPS) is 18.8. The summed E-state index contributed by atoms with van der Waals surface area (Å²) in [7, 11) is 0. The lowest BCUT2D eigenvalue weighted by Gasteiger charge is -2.07. The van der Waals surface area contributed by atoms with Crippen molar-refractivity contribution in [2.45, 2.75) is 12.8 Å². The number of nitrogens with zero attached hydrogens (tertiary/aromatic N) is 1. The molecule has 1 aliphatic heterocycles. The molecule has 100 valence electrons. The first-order valence-electron chi connectivity index (χ1n) is 6.63. The van der Waals surface area contributed by atoms with Crippen LogP contribution >= 0.6 is 0 Å². The Bertz CT molecular complexity index is 573. The van der Waals surface area contributed by atoms with Gasteiger partial charge in [0.1, 0.15) is 0 Å². The number of hydrogen-bond donors (Lipinski definition) is 2. The van der Waals surface area contributed by atoms with E-state index in [4.69, 9.17) is 4.74 Å². The van der Waals surface area contributed by atoms with Gasteiger partial charge in [-0.2, -0.15) is 5.10 Å². The molecule has 0 aliphatic carbocycles. The van der Waals surface area contributed by atoms with Crippen LogP contribution in [0.4, 0.5) is 0 Å². The fourth-order valence-corrected chi connectivity index (χ4v) is 2.42. The molecular formula is C14H17N3O2. The number of aromatic nitrogens is 2. The van der Waals surface area contributed by atoms with E-state index in [-0.39, 0.29) is 5.91 Å². The number of carbonyl (C=O) groups is 1. The maximum Gasteiger partial charge on any atom is 0.272 e. The molecule has 19 heavy (non-hydrogen) atoms. The minimum Gasteiger partial charge on any atom is -0.381 e. The summed E-state index contributed by atoms with van der Waals surface area (Å²) < 4.78 is 5.31. The van der Waals surface area contributed by atoms with Gasteiger partial charge in [0.2, 0.25) is 0 Å². The van der Waals surface area contributed by atoms with Crippen LogP contribution in [0.5, 0.6) is 0 Å². The molecule has 2 aromatic rings. The minimum atomic E-state index is -0.114. The molecule has 1 aliphatic rings. The van der Waals surface area contributed by atoms with E-state index >= 15 is 0 Å². The van der Waals surface area contributed by atoms with Crippen LogP contribution in [-0.4, -0.2) is 35.9 Å². The number of para-hydroxylation sites is 1. The summed E-state index contributed by atoms with van der Waals surface area (Å²) in [5, 5.41) is 10.7. The molecule has 1 aromatic heterocycles. The summed E-state index contributed by atoms with van der Waals surface area (Å²) in [4.78, 5) is 12.1. The molecule has 5 heteroatoms. The van der Waals surface area contributed by atoms with E-state index in [0.29, 0.717) is 18.2 Å². The summed E-state index contributed by atoms with van der Waals surface area (Å²) in [6, 6.07) is 7.64. The fourth-order valence-electron chi connectivity index (χ4n) is 2.42. The quantitative estimate of drug-likeness (QED) is 0.878. The number of nitrogens with one attached hydrogen (secondary N) is 2. The van der Waals surface area contributed by atoms with Gasteiger partial charge in [0.15, 0.2) is 5.69 Å². The van der Waals surface area contributed by atoms with Crippen LogP contribution in [0.15, 0.2) is 24.3 Å². The van der Waals surface area contributed by atoms with Crippen molar-refractivity contribution in [3.05, 3.63) is 30.0 Å². The number of rotatable bonds is 4. The van der Waals surface area contributed by atoms with Crippen LogP contribution in [0.3, 0.4) is 0 Å². The van der Waals surface area contributed by atoms with E-state index in [1.54, 1.807) is 0 Å². The maximum atomic E-state index is 12.1. The van der Waals surface area contributed by atoms with Crippen LogP contribution in [0.1, 0.15) is 23.3 Å². The molecule has 3 rings (SSSR count). The molecule has 0 radical (unpaired) electrons. The molecule has 1 fully saturated rings. The predicted molar refractivity (Wildman–Crippen MR) is 72.0 cm³/mol. The van der Waals surface area contributed by atoms with E-state index in [2.05, 4.69) is 15.5 Å². The Hall–Kier alpha value is -1.88. The van der Waals surface area contributed by atoms with Crippen LogP contribution in [-0.2, 0) is 4.74 Å². The second kappa shape index (κ2) is 5.40. The van der Waals surface area contributed by atoms with Crippen molar-refractivity contribution in [1.82, 2.24) is 15.5 Å². The topological polar surface area (TPSA) is 67.0 Å². The van der Waals surface area contributed by atoms with E-state index in [1.807, 2.05) is 24.3 Å². The fraction of sp³-hybridized carbons (Fsp3) is 0.429. The first-order valence-corrected chi connectivity index (χ1v) is 6.63. The predicted octanol–water partition coefficient (Wildman–Crippen LogP) is 1.72. The van der Waals surface area contributed by atoms with E-state index < -0.39 is 0 Å². The zero-order valence-electron chi connectivity index (χ0n) is 10.7. The van der Waals surface area contributed by atoms with Crippen LogP contribution < -0.4 is 5.32 Å². The molecule has 1 amide bonds. The number of H-pyrrole nitrogens is 1. The largest absolute Gasteiger partial charge is 0.381 e. The van der Waals surface area contributed by atoms with Gasteiger partial charge >= 0.3 is 0 Å². The summed E-state index contributed by atoms with van der Waals surface area (Å²) in [5.74, 6) is 0.465. The van der Waals surface area contributed by atoms with Crippen molar-refractivity contribution in [2.75, 3.05) is 19.8 Å². The molecule has 0 saturated carbocycles. The zero-order valence-corrected chi connectivity index (χ0v) is 10.7. The van der Waals surface area contributed by atoms with Gasteiger partial charge in [-0.05, 0) is 24.8 Å². The van der Waals surface area contributed by atoms with Gasteiger partial charge in [0.05, 0.1) is 5.52 Å². The molecule has 0 spiro atoms. The van der Waals surface area contributed by atoms with Crippen molar-refractivity contribution in [3.63, 3.8) is 0 Å². The Morgan fingerprint density at radius 3 is 3.21 bits per heavy atom. The number of ether oxygens (including phenoxy) is 1. The lowest BCUT2D eigenvalue weighted by atomic mass is 10.1. The summed E-state index contributed by atoms with van der Waals surface area (Å²) in [5.41, 5.74) is 1.36. The van der Waals surface area contributed by atoms with E-state index in [9.17, 15) is 4.79 Å². The number of aromatic amines is 1. The molecule has 2 N–H and O–H groups in total. The summed E-state index contributed by atoms with van der Waals surface area (Å²) in [6.07, 6.45) is 2.06. The first-order chi connectivity index (χ1) is 9.34. The Balaban J connectivity index is 1.60. The number of benzene rings is 1. The SMILES string of the molecule is O=C(NCCC1CCOC1)c1n[nH]c2ccccc12. The highest BCUT2D eigenvalue weighted by molar-refractivity contribution is 6.04. The Labute approximate surface area is 111 Å². The zero-order chi connectivity index (χ0) is 13.1. The molecule has 1 unspecified atom stereocenters. The van der Waals surface area contributed by atoms with Crippen LogP contribution in [0, 0.1) is 5.92 Å². The van der Waals surface area contributed by atoms with Gasteiger partial charge in [-0.15, -0.1) is 0 Å². The molecule has 2 heterocycles. The van der Waals surface area contributed by atoms with Gasteiger partial charge in [-0.1, -0.05) is 18.2 Å². The molecule has 1 atom stereocenters. The second-order valence-corrected chi connectivity index (χ2v) is 4.89. The molecule has 1 aromatic carbocycles. The average molecular weight is 259 g/mol. The first kappa shape index (κ1) is 12.2. The summed E-state index contributed by atoms with van der Waals surface area (Å²) >= 11 is 0. The highest BCUT2D eigenvalue weighted by Crippen LogP contribution is 2.16. The lowest BCUT2D eigenvalue weighted by molar-refractivity contribution is 0.0947. The van der Waals surface area contributed by atoms with Gasteiger partial charge in [-0.25, -0.2) is 0 Å². The number of carbonyl (C=O) groups excluding carboxylic acids is 1. The highest BCUT2D eigenvalue weighted by Gasteiger charge is 2.17. The second-order valence-electron chi connectivity index (χ2n) is 4.89.